The van der Waals surface area contributed by atoms with Crippen LogP contribution in [0.1, 0.15) is 43.7 Å². The molecule has 0 bridgehead atoms. The summed E-state index contributed by atoms with van der Waals surface area (Å²) in [7, 11) is 1.75. The third-order valence-electron chi connectivity index (χ3n) is 7.53. The molecule has 0 radical (unpaired) electrons. The van der Waals surface area contributed by atoms with Crippen molar-refractivity contribution in [1.29, 1.82) is 0 Å². The summed E-state index contributed by atoms with van der Waals surface area (Å²) in [5.41, 5.74) is 4.23. The average molecular weight is 539 g/mol. The van der Waals surface area contributed by atoms with Crippen LogP contribution >= 0.6 is 0 Å². The SMILES string of the molecule is Cc1cc(-c2nc3ccc(CN[C@H](C(=O)O[C@@H]4CCOC4)[C@H](C)O)cc3n2CC2CCCCO2)cn(C)c1=O. The lowest BCUT2D eigenvalue weighted by Gasteiger charge is -2.24. The second kappa shape index (κ2) is 12.0. The number of aliphatic hydroxyl groups is 1. The van der Waals surface area contributed by atoms with Gasteiger partial charge in [0.25, 0.3) is 5.56 Å². The van der Waals surface area contributed by atoms with Gasteiger partial charge in [0.2, 0.25) is 0 Å². The van der Waals surface area contributed by atoms with Gasteiger partial charge in [-0.05, 0) is 56.9 Å². The van der Waals surface area contributed by atoms with Gasteiger partial charge in [-0.15, -0.1) is 0 Å². The number of hydrogen-bond acceptors (Lipinski definition) is 8. The van der Waals surface area contributed by atoms with Crippen LogP contribution in [0, 0.1) is 6.92 Å². The second-order valence-electron chi connectivity index (χ2n) is 10.7. The van der Waals surface area contributed by atoms with Crippen molar-refractivity contribution in [1.82, 2.24) is 19.4 Å². The van der Waals surface area contributed by atoms with Crippen LogP contribution < -0.4 is 10.9 Å². The Morgan fingerprint density at radius 1 is 1.26 bits per heavy atom. The van der Waals surface area contributed by atoms with Gasteiger partial charge in [0.05, 0.1) is 43.0 Å². The number of aromatic nitrogens is 3. The highest BCUT2D eigenvalue weighted by atomic mass is 16.6. The van der Waals surface area contributed by atoms with Gasteiger partial charge in [-0.3, -0.25) is 14.9 Å². The van der Waals surface area contributed by atoms with Crippen molar-refractivity contribution < 1.29 is 24.1 Å². The molecule has 2 fully saturated rings. The highest BCUT2D eigenvalue weighted by Crippen LogP contribution is 2.28. The van der Waals surface area contributed by atoms with Crippen molar-refractivity contribution >= 4 is 17.0 Å². The number of aryl methyl sites for hydroxylation is 2. The number of nitrogens with one attached hydrogen (secondary N) is 1. The van der Waals surface area contributed by atoms with Gasteiger partial charge in [0.15, 0.2) is 0 Å². The summed E-state index contributed by atoms with van der Waals surface area (Å²) < 4.78 is 20.7. The zero-order valence-corrected chi connectivity index (χ0v) is 22.9. The van der Waals surface area contributed by atoms with Crippen LogP contribution in [0.25, 0.3) is 22.4 Å². The maximum absolute atomic E-state index is 12.7. The number of benzene rings is 1. The predicted molar refractivity (Wildman–Crippen MR) is 146 cm³/mol. The van der Waals surface area contributed by atoms with E-state index in [0.717, 1.165) is 53.9 Å². The number of carbonyl (C=O) groups is 1. The fourth-order valence-corrected chi connectivity index (χ4v) is 5.36. The van der Waals surface area contributed by atoms with Crippen molar-refractivity contribution in [3.05, 3.63) is 51.9 Å². The molecule has 2 aliphatic heterocycles. The molecule has 1 unspecified atom stereocenters. The van der Waals surface area contributed by atoms with Gasteiger partial charge in [0, 0.05) is 43.9 Å². The van der Waals surface area contributed by atoms with Crippen LogP contribution in [0.5, 0.6) is 0 Å². The number of hydrogen-bond donors (Lipinski definition) is 2. The Morgan fingerprint density at radius 2 is 2.10 bits per heavy atom. The zero-order valence-electron chi connectivity index (χ0n) is 22.9. The van der Waals surface area contributed by atoms with E-state index in [1.54, 1.807) is 18.5 Å². The molecule has 0 saturated carbocycles. The Kier molecular flexibility index (Phi) is 8.46. The molecular weight excluding hydrogens is 500 g/mol. The van der Waals surface area contributed by atoms with Crippen molar-refractivity contribution in [2.45, 2.75) is 77.0 Å². The maximum atomic E-state index is 12.7. The minimum Gasteiger partial charge on any atom is -0.459 e. The van der Waals surface area contributed by atoms with Crippen LogP contribution in [0.4, 0.5) is 0 Å². The number of ether oxygens (including phenoxy) is 3. The van der Waals surface area contributed by atoms with E-state index in [4.69, 9.17) is 19.2 Å². The van der Waals surface area contributed by atoms with E-state index in [9.17, 15) is 14.7 Å². The van der Waals surface area contributed by atoms with Crippen LogP contribution in [-0.2, 0) is 39.1 Å². The molecule has 4 heterocycles. The summed E-state index contributed by atoms with van der Waals surface area (Å²) in [6, 6.07) is 7.03. The lowest BCUT2D eigenvalue weighted by atomic mass is 10.1. The van der Waals surface area contributed by atoms with Gasteiger partial charge < -0.3 is 28.5 Å². The molecule has 2 aliphatic rings. The highest BCUT2D eigenvalue weighted by molar-refractivity contribution is 5.81. The van der Waals surface area contributed by atoms with Crippen molar-refractivity contribution in [2.24, 2.45) is 7.05 Å². The number of carbonyl (C=O) groups excluding carboxylic acids is 1. The summed E-state index contributed by atoms with van der Waals surface area (Å²) >= 11 is 0. The minimum atomic E-state index is -0.919. The first-order valence-corrected chi connectivity index (χ1v) is 13.8. The Bertz CT molecular complexity index is 1340. The number of fused-ring (bicyclic) bond motifs is 1. The van der Waals surface area contributed by atoms with Crippen molar-refractivity contribution in [3.63, 3.8) is 0 Å². The summed E-state index contributed by atoms with van der Waals surface area (Å²) in [4.78, 5) is 30.0. The number of imidazole rings is 1. The molecule has 0 amide bonds. The molecule has 210 valence electrons. The molecule has 5 rings (SSSR count). The first kappa shape index (κ1) is 27.5. The first-order valence-electron chi connectivity index (χ1n) is 13.8. The predicted octanol–water partition coefficient (Wildman–Crippen LogP) is 2.45. The number of nitrogens with zero attached hydrogens (tertiary/aromatic N) is 3. The Hall–Kier alpha value is -3.05. The normalized spacial score (nSPS) is 21.2. The zero-order chi connectivity index (χ0) is 27.5. The number of rotatable bonds is 9. The Labute approximate surface area is 227 Å². The molecule has 2 aromatic heterocycles. The quantitative estimate of drug-likeness (QED) is 0.399. The lowest BCUT2D eigenvalue weighted by molar-refractivity contribution is -0.154. The summed E-state index contributed by atoms with van der Waals surface area (Å²) in [6.45, 7) is 6.12. The number of esters is 1. The number of aliphatic hydroxyl groups excluding tert-OH is 1. The molecule has 4 atom stereocenters. The van der Waals surface area contributed by atoms with E-state index in [0.29, 0.717) is 38.3 Å². The minimum absolute atomic E-state index is 0.0305. The van der Waals surface area contributed by atoms with E-state index in [1.165, 1.54) is 0 Å². The van der Waals surface area contributed by atoms with Crippen molar-refractivity contribution in [3.8, 4) is 11.4 Å². The second-order valence-corrected chi connectivity index (χ2v) is 10.7. The fraction of sp³-hybridized carbons (Fsp3) is 0.552. The van der Waals surface area contributed by atoms with Crippen LogP contribution in [0.15, 0.2) is 35.3 Å². The van der Waals surface area contributed by atoms with E-state index >= 15 is 0 Å². The average Bonchev–Trinajstić information content (AvgIpc) is 3.55. The number of pyridine rings is 1. The third-order valence-corrected chi connectivity index (χ3v) is 7.53. The summed E-state index contributed by atoms with van der Waals surface area (Å²) in [5.74, 6) is 0.306. The first-order chi connectivity index (χ1) is 18.8. The molecule has 10 nitrogen and oxygen atoms in total. The Balaban J connectivity index is 1.43. The molecule has 0 spiro atoms. The smallest absolute Gasteiger partial charge is 0.326 e. The molecule has 2 N–H and O–H groups in total. The van der Waals surface area contributed by atoms with Gasteiger partial charge >= 0.3 is 5.97 Å². The van der Waals surface area contributed by atoms with E-state index < -0.39 is 18.1 Å². The topological polar surface area (TPSA) is 117 Å². The summed E-state index contributed by atoms with van der Waals surface area (Å²) in [5, 5.41) is 13.5. The summed E-state index contributed by atoms with van der Waals surface area (Å²) in [6.07, 6.45) is 4.57. The monoisotopic (exact) mass is 538 g/mol. The maximum Gasteiger partial charge on any atom is 0.326 e. The molecule has 0 aliphatic carbocycles. The molecular formula is C29H38N4O6. The van der Waals surface area contributed by atoms with E-state index in [1.807, 2.05) is 31.3 Å². The van der Waals surface area contributed by atoms with Crippen molar-refractivity contribution in [2.75, 3.05) is 19.8 Å². The van der Waals surface area contributed by atoms with E-state index in [2.05, 4.69) is 16.0 Å². The van der Waals surface area contributed by atoms with E-state index in [-0.39, 0.29) is 17.8 Å². The molecule has 10 heteroatoms. The molecule has 3 aromatic rings. The van der Waals surface area contributed by atoms with Gasteiger partial charge in [-0.2, -0.15) is 0 Å². The van der Waals surface area contributed by atoms with Crippen LogP contribution in [-0.4, -0.2) is 69.4 Å². The van der Waals surface area contributed by atoms with Crippen LogP contribution in [0.2, 0.25) is 0 Å². The molecule has 39 heavy (non-hydrogen) atoms. The molecule has 1 aromatic carbocycles. The Morgan fingerprint density at radius 3 is 2.79 bits per heavy atom. The third kappa shape index (κ3) is 6.24. The lowest BCUT2D eigenvalue weighted by Crippen LogP contribution is -2.46. The fourth-order valence-electron chi connectivity index (χ4n) is 5.36. The van der Waals surface area contributed by atoms with Gasteiger partial charge in [-0.1, -0.05) is 6.07 Å². The standard InChI is InChI=1S/C29H38N4O6/c1-18-12-21(15-32(3)28(18)35)27-31-24-8-7-20(13-25(24)33(27)16-22-6-4-5-10-38-22)14-30-26(19(2)34)29(36)39-23-9-11-37-17-23/h7-8,12-13,15,19,22-23,26,30,34H,4-6,9-11,14,16-17H2,1-3H3/t19-,22?,23+,26-/m0/s1. The largest absolute Gasteiger partial charge is 0.459 e. The van der Waals surface area contributed by atoms with Crippen LogP contribution in [0.3, 0.4) is 0 Å². The molecule has 2 saturated heterocycles. The van der Waals surface area contributed by atoms with Gasteiger partial charge in [0.1, 0.15) is 18.0 Å². The highest BCUT2D eigenvalue weighted by Gasteiger charge is 2.29. The van der Waals surface area contributed by atoms with Gasteiger partial charge in [-0.25, -0.2) is 4.98 Å².